The van der Waals surface area contributed by atoms with Crippen LogP contribution in [0.5, 0.6) is 0 Å². The van der Waals surface area contributed by atoms with Crippen LogP contribution in [-0.4, -0.2) is 33.8 Å². The van der Waals surface area contributed by atoms with E-state index in [1.807, 2.05) is 13.0 Å². The predicted molar refractivity (Wildman–Crippen MR) is 86.6 cm³/mol. The number of rotatable bonds is 6. The van der Waals surface area contributed by atoms with E-state index in [0.717, 1.165) is 49.7 Å². The topological polar surface area (TPSA) is 70.1 Å². The average Bonchev–Trinajstić information content (AvgIpc) is 2.44. The minimum atomic E-state index is -0.236. The Morgan fingerprint density at radius 1 is 1.38 bits per heavy atom. The molecular formula is C16H28N4O. The predicted octanol–water partition coefficient (Wildman–Crippen LogP) is 2.96. The highest BCUT2D eigenvalue weighted by Crippen LogP contribution is 2.34. The van der Waals surface area contributed by atoms with Crippen molar-refractivity contribution in [1.29, 1.82) is 0 Å². The van der Waals surface area contributed by atoms with E-state index in [-0.39, 0.29) is 12.1 Å². The summed E-state index contributed by atoms with van der Waals surface area (Å²) in [7, 11) is 0. The Labute approximate surface area is 127 Å². The van der Waals surface area contributed by atoms with E-state index in [2.05, 4.69) is 34.4 Å². The minimum absolute atomic E-state index is 0.151. The highest BCUT2D eigenvalue weighted by molar-refractivity contribution is 5.49. The first-order valence-electron chi connectivity index (χ1n) is 8.05. The number of aliphatic hydroxyl groups is 1. The van der Waals surface area contributed by atoms with Gasteiger partial charge in [-0.15, -0.1) is 0 Å². The van der Waals surface area contributed by atoms with Gasteiger partial charge in [0.15, 0.2) is 0 Å². The van der Waals surface area contributed by atoms with Gasteiger partial charge in [-0.1, -0.05) is 26.7 Å². The summed E-state index contributed by atoms with van der Waals surface area (Å²) in [6.07, 6.45) is 5.44. The summed E-state index contributed by atoms with van der Waals surface area (Å²) >= 11 is 0. The molecule has 2 unspecified atom stereocenters. The van der Waals surface area contributed by atoms with Crippen molar-refractivity contribution >= 4 is 11.6 Å². The Morgan fingerprint density at radius 2 is 2.14 bits per heavy atom. The maximum Gasteiger partial charge on any atom is 0.132 e. The summed E-state index contributed by atoms with van der Waals surface area (Å²) in [4.78, 5) is 8.88. The molecule has 0 aromatic carbocycles. The molecule has 1 fully saturated rings. The van der Waals surface area contributed by atoms with Crippen LogP contribution in [0.1, 0.15) is 51.8 Å². The number of nitrogens with zero attached hydrogens (tertiary/aromatic N) is 2. The van der Waals surface area contributed by atoms with Gasteiger partial charge in [0.1, 0.15) is 17.5 Å². The molecule has 5 nitrogen and oxygen atoms in total. The molecule has 0 bridgehead atoms. The van der Waals surface area contributed by atoms with Crippen LogP contribution >= 0.6 is 0 Å². The molecule has 118 valence electrons. The monoisotopic (exact) mass is 292 g/mol. The molecule has 1 heterocycles. The smallest absolute Gasteiger partial charge is 0.132 e. The molecule has 0 spiro atoms. The zero-order chi connectivity index (χ0) is 15.3. The van der Waals surface area contributed by atoms with Gasteiger partial charge in [-0.2, -0.15) is 0 Å². The fourth-order valence-electron chi connectivity index (χ4n) is 3.20. The first-order chi connectivity index (χ1) is 10.1. The third kappa shape index (κ3) is 4.30. The van der Waals surface area contributed by atoms with Gasteiger partial charge < -0.3 is 15.7 Å². The van der Waals surface area contributed by atoms with E-state index in [9.17, 15) is 5.11 Å². The van der Waals surface area contributed by atoms with Gasteiger partial charge in [0.2, 0.25) is 0 Å². The van der Waals surface area contributed by atoms with Crippen LogP contribution in [0.2, 0.25) is 0 Å². The van der Waals surface area contributed by atoms with Gasteiger partial charge in [0.05, 0.1) is 12.1 Å². The zero-order valence-corrected chi connectivity index (χ0v) is 13.4. The Morgan fingerprint density at radius 3 is 2.81 bits per heavy atom. The van der Waals surface area contributed by atoms with Crippen molar-refractivity contribution in [2.45, 2.75) is 58.4 Å². The van der Waals surface area contributed by atoms with E-state index < -0.39 is 0 Å². The number of anilines is 2. The molecule has 2 rings (SSSR count). The van der Waals surface area contributed by atoms with Crippen LogP contribution in [0.4, 0.5) is 11.6 Å². The Kier molecular flexibility index (Phi) is 5.39. The first-order valence-corrected chi connectivity index (χ1v) is 8.05. The number of aryl methyl sites for hydroxylation is 1. The van der Waals surface area contributed by atoms with E-state index in [4.69, 9.17) is 0 Å². The second-order valence-electron chi connectivity index (χ2n) is 6.38. The lowest BCUT2D eigenvalue weighted by Crippen LogP contribution is -2.46. The fourth-order valence-corrected chi connectivity index (χ4v) is 3.20. The van der Waals surface area contributed by atoms with Crippen LogP contribution in [0.3, 0.4) is 0 Å². The Bertz CT molecular complexity index is 466. The Balaban J connectivity index is 2.14. The van der Waals surface area contributed by atoms with Crippen molar-refractivity contribution < 1.29 is 5.11 Å². The lowest BCUT2D eigenvalue weighted by Gasteiger charge is -2.39. The zero-order valence-electron chi connectivity index (χ0n) is 13.4. The summed E-state index contributed by atoms with van der Waals surface area (Å²) < 4.78 is 0. The number of nitrogens with one attached hydrogen (secondary N) is 2. The van der Waals surface area contributed by atoms with E-state index in [0.29, 0.717) is 5.92 Å². The van der Waals surface area contributed by atoms with Crippen LogP contribution in [0.15, 0.2) is 6.07 Å². The summed E-state index contributed by atoms with van der Waals surface area (Å²) in [5.41, 5.74) is -0.236. The standard InChI is InChI=1S/C16H28N4O/c1-4-8-17-14-9-15(19-13(3)18-14)20-16(11-21)7-5-6-12(2)10-16/h9,12,21H,4-8,10-11H2,1-3H3,(H2,17,18,19,20). The molecule has 2 atom stereocenters. The second kappa shape index (κ2) is 7.07. The normalized spacial score (nSPS) is 25.6. The molecule has 0 amide bonds. The van der Waals surface area contributed by atoms with Gasteiger partial charge in [-0.05, 0) is 32.1 Å². The molecule has 3 N–H and O–H groups in total. The molecule has 1 aromatic rings. The molecule has 1 aliphatic rings. The summed E-state index contributed by atoms with van der Waals surface area (Å²) in [6, 6.07) is 1.94. The summed E-state index contributed by atoms with van der Waals surface area (Å²) in [6.45, 7) is 7.34. The quantitative estimate of drug-likeness (QED) is 0.752. The molecule has 0 aliphatic heterocycles. The van der Waals surface area contributed by atoms with Crippen LogP contribution < -0.4 is 10.6 Å². The summed E-state index contributed by atoms with van der Waals surface area (Å²) in [5, 5.41) is 16.7. The second-order valence-corrected chi connectivity index (χ2v) is 6.38. The van der Waals surface area contributed by atoms with Crippen LogP contribution in [-0.2, 0) is 0 Å². The third-order valence-electron chi connectivity index (χ3n) is 4.18. The number of aromatic nitrogens is 2. The van der Waals surface area contributed by atoms with Crippen molar-refractivity contribution in [2.75, 3.05) is 23.8 Å². The van der Waals surface area contributed by atoms with Gasteiger partial charge >= 0.3 is 0 Å². The molecular weight excluding hydrogens is 264 g/mol. The van der Waals surface area contributed by atoms with Crippen molar-refractivity contribution in [3.63, 3.8) is 0 Å². The highest BCUT2D eigenvalue weighted by atomic mass is 16.3. The SMILES string of the molecule is CCCNc1cc(NC2(CO)CCCC(C)C2)nc(C)n1. The van der Waals surface area contributed by atoms with E-state index in [1.165, 1.54) is 6.42 Å². The summed E-state index contributed by atoms with van der Waals surface area (Å²) in [5.74, 6) is 3.04. The van der Waals surface area contributed by atoms with Crippen molar-refractivity contribution in [3.8, 4) is 0 Å². The van der Waals surface area contributed by atoms with Crippen molar-refractivity contribution in [3.05, 3.63) is 11.9 Å². The van der Waals surface area contributed by atoms with Crippen LogP contribution in [0, 0.1) is 12.8 Å². The van der Waals surface area contributed by atoms with Gasteiger partial charge in [0, 0.05) is 12.6 Å². The molecule has 5 heteroatoms. The highest BCUT2D eigenvalue weighted by Gasteiger charge is 2.34. The average molecular weight is 292 g/mol. The molecule has 1 aliphatic carbocycles. The van der Waals surface area contributed by atoms with E-state index in [1.54, 1.807) is 0 Å². The maximum absolute atomic E-state index is 9.88. The van der Waals surface area contributed by atoms with Crippen molar-refractivity contribution in [2.24, 2.45) is 5.92 Å². The van der Waals surface area contributed by atoms with Crippen LogP contribution in [0.25, 0.3) is 0 Å². The molecule has 21 heavy (non-hydrogen) atoms. The lowest BCUT2D eigenvalue weighted by molar-refractivity contribution is 0.149. The maximum atomic E-state index is 9.88. The number of aliphatic hydroxyl groups excluding tert-OH is 1. The molecule has 0 radical (unpaired) electrons. The minimum Gasteiger partial charge on any atom is -0.394 e. The number of hydrogen-bond acceptors (Lipinski definition) is 5. The fraction of sp³-hybridized carbons (Fsp3) is 0.750. The molecule has 0 saturated heterocycles. The van der Waals surface area contributed by atoms with E-state index >= 15 is 0 Å². The largest absolute Gasteiger partial charge is 0.394 e. The Hall–Kier alpha value is -1.36. The first kappa shape index (κ1) is 16.0. The van der Waals surface area contributed by atoms with Gasteiger partial charge in [-0.3, -0.25) is 0 Å². The molecule has 1 saturated carbocycles. The number of hydrogen-bond donors (Lipinski definition) is 3. The lowest BCUT2D eigenvalue weighted by atomic mass is 9.77. The molecule has 1 aromatic heterocycles. The van der Waals surface area contributed by atoms with Gasteiger partial charge in [0.25, 0.3) is 0 Å². The van der Waals surface area contributed by atoms with Gasteiger partial charge in [-0.25, -0.2) is 9.97 Å². The third-order valence-corrected chi connectivity index (χ3v) is 4.18. The van der Waals surface area contributed by atoms with Crippen molar-refractivity contribution in [1.82, 2.24) is 9.97 Å².